The van der Waals surface area contributed by atoms with Crippen LogP contribution in [0.1, 0.15) is 27.7 Å². The summed E-state index contributed by atoms with van der Waals surface area (Å²) in [5.41, 5.74) is 28.3. The van der Waals surface area contributed by atoms with Crippen LogP contribution in [0.2, 0.25) is 0 Å². The Kier molecular flexibility index (Phi) is 19.6. The third-order valence-corrected chi connectivity index (χ3v) is 23.7. The smallest absolute Gasteiger partial charge is 0.399 e. The molecule has 116 heavy (non-hydrogen) atoms. The van der Waals surface area contributed by atoms with Crippen LogP contribution in [0.25, 0.3) is 172 Å². The van der Waals surface area contributed by atoms with Gasteiger partial charge in [0.25, 0.3) is 0 Å². The van der Waals surface area contributed by atoms with E-state index in [9.17, 15) is 0 Å². The van der Waals surface area contributed by atoms with E-state index in [4.69, 9.17) is 19.3 Å². The second kappa shape index (κ2) is 31.0. The summed E-state index contributed by atoms with van der Waals surface area (Å²) in [6, 6.07) is 142. The van der Waals surface area contributed by atoms with E-state index in [1.807, 2.05) is 30.3 Å². The molecule has 1 aliphatic rings. The molecule has 0 aliphatic carbocycles. The highest BCUT2D eigenvalue weighted by molar-refractivity contribution is 9.10. The molecule has 0 unspecified atom stereocenters. The van der Waals surface area contributed by atoms with E-state index in [1.165, 1.54) is 71.0 Å². The molecule has 0 radical (unpaired) electrons. The maximum absolute atomic E-state index is 6.27. The lowest BCUT2D eigenvalue weighted by molar-refractivity contribution is 0.00578. The summed E-state index contributed by atoms with van der Waals surface area (Å²) >= 11 is 7.12. The lowest BCUT2D eigenvalue weighted by Crippen LogP contribution is -2.41. The summed E-state index contributed by atoms with van der Waals surface area (Å²) in [7, 11) is -0.363. The Labute approximate surface area is 692 Å². The first-order valence-electron chi connectivity index (χ1n) is 39.3. The van der Waals surface area contributed by atoms with E-state index in [2.05, 4.69) is 443 Å². The predicted octanol–water partition coefficient (Wildman–Crippen LogP) is 28.3. The number of nitrogens with zero attached hydrogens (tertiary/aromatic N) is 5. The maximum atomic E-state index is 6.27. The molecule has 0 amide bonds. The van der Waals surface area contributed by atoms with Gasteiger partial charge in [0, 0.05) is 80.6 Å². The van der Waals surface area contributed by atoms with Gasteiger partial charge in [-0.1, -0.05) is 299 Å². The number of fused-ring (bicyclic) bond motifs is 9. The van der Waals surface area contributed by atoms with Gasteiger partial charge in [-0.05, 0) is 211 Å². The lowest BCUT2D eigenvalue weighted by Gasteiger charge is -2.32. The molecule has 15 aromatic carbocycles. The molecular weight excluding hydrogens is 1550 g/mol. The molecule has 0 N–H and O–H groups in total. The molecule has 7 nitrogen and oxygen atoms in total. The number of halogens is 2. The van der Waals surface area contributed by atoms with Crippen molar-refractivity contribution < 1.29 is 9.31 Å². The van der Waals surface area contributed by atoms with Gasteiger partial charge in [0.1, 0.15) is 0 Å². The van der Waals surface area contributed by atoms with Crippen LogP contribution in [0.15, 0.2) is 409 Å². The number of aromatic nitrogens is 5. The molecule has 5 aromatic heterocycles. The molecule has 556 valence electrons. The summed E-state index contributed by atoms with van der Waals surface area (Å²) in [6.07, 6.45) is 0. The Bertz CT molecular complexity index is 6650. The summed E-state index contributed by atoms with van der Waals surface area (Å²) in [5, 5.41) is 7.56. The molecule has 1 fully saturated rings. The van der Waals surface area contributed by atoms with E-state index in [-0.39, 0.29) is 18.3 Å². The highest BCUT2D eigenvalue weighted by Crippen LogP contribution is 2.42. The Morgan fingerprint density at radius 2 is 0.474 bits per heavy atom. The SMILES string of the molecule is Brc1cccc(-c2cc(-c3ccccc3)cc(-c3cccc(Br)c3)n2)c1.CC1(C)OB(c2cccc(-n3c4ccccc4c4ccccc43)c2)OC1(C)C.c1ccc(-c2cc(-c3cccc(-c4cccc(-n5c6ccccc6c6ccccc65)c4)c3)nc(-c3cccc(-c4cccc(-n5c6ccccc6c6ccccc65)c4)c3)c2)cc1. The zero-order valence-corrected chi connectivity index (χ0v) is 67.7. The first-order valence-corrected chi connectivity index (χ1v) is 40.9. The quantitative estimate of drug-likeness (QED) is 0.114. The van der Waals surface area contributed by atoms with Crippen molar-refractivity contribution in [3.8, 4) is 107 Å². The fraction of sp³-hybridized carbons (Fsp3) is 0.0566. The van der Waals surface area contributed by atoms with E-state index in [1.54, 1.807) is 0 Å². The highest BCUT2D eigenvalue weighted by Gasteiger charge is 2.52. The third kappa shape index (κ3) is 14.3. The molecular formula is C106H78BBr2N5O2. The molecule has 0 bridgehead atoms. The Morgan fingerprint density at radius 1 is 0.224 bits per heavy atom. The largest absolute Gasteiger partial charge is 0.494 e. The second-order valence-corrected chi connectivity index (χ2v) is 32.4. The molecule has 0 spiro atoms. The first-order chi connectivity index (χ1) is 56.8. The van der Waals surface area contributed by atoms with E-state index in [0.717, 1.165) is 115 Å². The van der Waals surface area contributed by atoms with E-state index < -0.39 is 0 Å². The monoisotopic (exact) mass is 1620 g/mol. The number of para-hydroxylation sites is 6. The topological polar surface area (TPSA) is 59.0 Å². The normalized spacial score (nSPS) is 13.0. The van der Waals surface area contributed by atoms with Gasteiger partial charge in [-0.15, -0.1) is 0 Å². The van der Waals surface area contributed by atoms with Crippen LogP contribution in [0.3, 0.4) is 0 Å². The van der Waals surface area contributed by atoms with Crippen molar-refractivity contribution in [2.45, 2.75) is 38.9 Å². The van der Waals surface area contributed by atoms with Crippen LogP contribution in [0.4, 0.5) is 0 Å². The van der Waals surface area contributed by atoms with Crippen LogP contribution in [-0.2, 0) is 9.31 Å². The zero-order valence-electron chi connectivity index (χ0n) is 64.5. The van der Waals surface area contributed by atoms with Crippen molar-refractivity contribution in [3.63, 3.8) is 0 Å². The number of rotatable bonds is 12. The van der Waals surface area contributed by atoms with Crippen LogP contribution in [-0.4, -0.2) is 42.0 Å². The number of hydrogen-bond donors (Lipinski definition) is 0. The van der Waals surface area contributed by atoms with Gasteiger partial charge in [-0.25, -0.2) is 9.97 Å². The van der Waals surface area contributed by atoms with E-state index in [0.29, 0.717) is 0 Å². The molecule has 0 atom stereocenters. The van der Waals surface area contributed by atoms with Crippen molar-refractivity contribution in [2.75, 3.05) is 0 Å². The number of pyridine rings is 2. The Hall–Kier alpha value is -13.1. The molecule has 20 aromatic rings. The lowest BCUT2D eigenvalue weighted by atomic mass is 9.79. The highest BCUT2D eigenvalue weighted by atomic mass is 79.9. The van der Waals surface area contributed by atoms with Gasteiger partial charge in [0.2, 0.25) is 0 Å². The van der Waals surface area contributed by atoms with Gasteiger partial charge >= 0.3 is 7.12 Å². The predicted molar refractivity (Wildman–Crippen MR) is 493 cm³/mol. The minimum absolute atomic E-state index is 0.347. The third-order valence-electron chi connectivity index (χ3n) is 22.7. The Morgan fingerprint density at radius 3 is 0.802 bits per heavy atom. The fourth-order valence-electron chi connectivity index (χ4n) is 16.3. The fourth-order valence-corrected chi connectivity index (χ4v) is 17.1. The van der Waals surface area contributed by atoms with Gasteiger partial charge in [-0.2, -0.15) is 0 Å². The molecule has 1 aliphatic heterocycles. The van der Waals surface area contributed by atoms with Crippen molar-refractivity contribution in [1.82, 2.24) is 23.7 Å². The van der Waals surface area contributed by atoms with Crippen LogP contribution >= 0.6 is 31.9 Å². The summed E-state index contributed by atoms with van der Waals surface area (Å²) in [5.74, 6) is 0. The molecule has 1 saturated heterocycles. The van der Waals surface area contributed by atoms with Crippen molar-refractivity contribution in [1.29, 1.82) is 0 Å². The van der Waals surface area contributed by atoms with Crippen molar-refractivity contribution in [2.24, 2.45) is 0 Å². The Balaban J connectivity index is 0.000000137. The van der Waals surface area contributed by atoms with Crippen LogP contribution in [0, 0.1) is 0 Å². The number of hydrogen-bond acceptors (Lipinski definition) is 4. The minimum atomic E-state index is -0.363. The van der Waals surface area contributed by atoms with Crippen LogP contribution in [0.5, 0.6) is 0 Å². The van der Waals surface area contributed by atoms with Gasteiger partial charge in [-0.3, -0.25) is 0 Å². The van der Waals surface area contributed by atoms with Crippen molar-refractivity contribution >= 4 is 110 Å². The molecule has 0 saturated carbocycles. The minimum Gasteiger partial charge on any atom is -0.399 e. The number of benzene rings is 15. The average molecular weight is 1620 g/mol. The molecule has 6 heterocycles. The second-order valence-electron chi connectivity index (χ2n) is 30.6. The van der Waals surface area contributed by atoms with Gasteiger partial charge < -0.3 is 23.0 Å². The van der Waals surface area contributed by atoms with Crippen LogP contribution < -0.4 is 5.46 Å². The zero-order chi connectivity index (χ0) is 78.4. The van der Waals surface area contributed by atoms with Gasteiger partial charge in [0.15, 0.2) is 0 Å². The molecule has 21 rings (SSSR count). The summed E-state index contributed by atoms with van der Waals surface area (Å²) < 4.78 is 21.7. The average Bonchev–Trinajstić information content (AvgIpc) is 1.67. The first kappa shape index (κ1) is 73.1. The maximum Gasteiger partial charge on any atom is 0.494 e. The standard InChI is InChI=1S/C59H39N3.C24H24BNO2.C23H15Br2N/c1-2-16-40(17-3-1)47-38-54(45-22-12-18-41(34-45)43-20-14-24-48(36-43)61-56-30-8-4-26-50(56)51-27-5-9-31-57(51)61)60-55(39-47)46-23-13-19-42(35-46)44-21-15-25-49(37-44)62-58-32-10-6-28-52(58)53-29-7-11-33-59(53)62;1-23(2)24(3,4)28-25(27-23)17-10-9-11-18(16-17)26-21-14-7-5-12-19(21)20-13-6-8-15-22(20)26;24-20-10-4-8-17(12-20)22-14-19(16-6-2-1-3-7-16)15-23(26-22)18-9-5-11-21(25)13-18/h1-39H;5-16H,1-4H3;1-15H. The summed E-state index contributed by atoms with van der Waals surface area (Å²) in [6.45, 7) is 8.35. The van der Waals surface area contributed by atoms with Gasteiger partial charge in [0.05, 0.1) is 67.1 Å². The van der Waals surface area contributed by atoms with Crippen molar-refractivity contribution in [3.05, 3.63) is 409 Å². The summed E-state index contributed by atoms with van der Waals surface area (Å²) in [4.78, 5) is 10.4. The molecule has 10 heteroatoms. The van der Waals surface area contributed by atoms with E-state index >= 15 is 0 Å².